The summed E-state index contributed by atoms with van der Waals surface area (Å²) in [5.41, 5.74) is 1.07. The van der Waals surface area contributed by atoms with Crippen LogP contribution in [0.3, 0.4) is 0 Å². The van der Waals surface area contributed by atoms with Crippen LogP contribution in [0.25, 0.3) is 0 Å². The molecule has 4 heteroatoms. The summed E-state index contributed by atoms with van der Waals surface area (Å²) in [7, 11) is 1.41. The summed E-state index contributed by atoms with van der Waals surface area (Å²) < 4.78 is 10.4. The van der Waals surface area contributed by atoms with Gasteiger partial charge in [-0.1, -0.05) is 26.0 Å². The topological polar surface area (TPSA) is 47.6 Å². The molecule has 0 bridgehead atoms. The van der Waals surface area contributed by atoms with E-state index in [0.29, 0.717) is 6.42 Å². The molecule has 1 atom stereocenters. The number of hydrogen-bond donors (Lipinski definition) is 1. The average Bonchev–Trinajstić information content (AvgIpc) is 2.38. The van der Waals surface area contributed by atoms with Crippen LogP contribution in [0.4, 0.5) is 0 Å². The van der Waals surface area contributed by atoms with Crippen molar-refractivity contribution in [1.82, 2.24) is 5.32 Å². The molecule has 1 aromatic carbocycles. The molecular formula is C16H25NO3. The number of carbonyl (C=O) groups is 1. The Morgan fingerprint density at radius 1 is 1.15 bits per heavy atom. The van der Waals surface area contributed by atoms with Gasteiger partial charge in [-0.25, -0.2) is 0 Å². The van der Waals surface area contributed by atoms with Crippen molar-refractivity contribution in [3.63, 3.8) is 0 Å². The molecule has 0 unspecified atom stereocenters. The molecule has 1 rings (SSSR count). The SMILES string of the molecule is COC(=O)[C@H](Cc1ccc(OC(C)C)cc1)NC(C)C. The van der Waals surface area contributed by atoms with Crippen LogP contribution in [0.1, 0.15) is 33.3 Å². The van der Waals surface area contributed by atoms with Crippen molar-refractivity contribution in [2.75, 3.05) is 7.11 Å². The van der Waals surface area contributed by atoms with E-state index in [4.69, 9.17) is 9.47 Å². The van der Waals surface area contributed by atoms with Gasteiger partial charge in [0.1, 0.15) is 11.8 Å². The molecule has 0 aliphatic carbocycles. The Hall–Kier alpha value is -1.55. The van der Waals surface area contributed by atoms with E-state index in [1.165, 1.54) is 7.11 Å². The third-order valence-electron chi connectivity index (χ3n) is 2.76. The smallest absolute Gasteiger partial charge is 0.323 e. The van der Waals surface area contributed by atoms with E-state index in [2.05, 4.69) is 5.32 Å². The van der Waals surface area contributed by atoms with Crippen molar-refractivity contribution in [1.29, 1.82) is 0 Å². The van der Waals surface area contributed by atoms with Crippen LogP contribution < -0.4 is 10.1 Å². The minimum absolute atomic E-state index is 0.159. The van der Waals surface area contributed by atoms with Gasteiger partial charge in [0, 0.05) is 6.04 Å². The van der Waals surface area contributed by atoms with Crippen molar-refractivity contribution in [3.05, 3.63) is 29.8 Å². The van der Waals surface area contributed by atoms with Crippen molar-refractivity contribution in [3.8, 4) is 5.75 Å². The molecule has 0 fully saturated rings. The predicted molar refractivity (Wildman–Crippen MR) is 80.0 cm³/mol. The summed E-state index contributed by atoms with van der Waals surface area (Å²) in [5.74, 6) is 0.608. The number of rotatable bonds is 7. The third kappa shape index (κ3) is 5.61. The van der Waals surface area contributed by atoms with E-state index in [9.17, 15) is 4.79 Å². The Bertz CT molecular complexity index is 412. The zero-order valence-electron chi connectivity index (χ0n) is 13.0. The molecule has 112 valence electrons. The second-order valence-electron chi connectivity index (χ2n) is 5.41. The van der Waals surface area contributed by atoms with Crippen LogP contribution in [-0.2, 0) is 16.0 Å². The fraction of sp³-hybridized carbons (Fsp3) is 0.562. The molecule has 0 heterocycles. The van der Waals surface area contributed by atoms with Crippen LogP contribution in [0.2, 0.25) is 0 Å². The molecule has 0 saturated heterocycles. The fourth-order valence-corrected chi connectivity index (χ4v) is 1.97. The lowest BCUT2D eigenvalue weighted by atomic mass is 10.1. The molecule has 0 aromatic heterocycles. The third-order valence-corrected chi connectivity index (χ3v) is 2.76. The molecule has 0 aliphatic rings. The number of carbonyl (C=O) groups excluding carboxylic acids is 1. The maximum atomic E-state index is 11.8. The molecular weight excluding hydrogens is 254 g/mol. The first-order chi connectivity index (χ1) is 9.42. The lowest BCUT2D eigenvalue weighted by molar-refractivity contribution is -0.143. The van der Waals surface area contributed by atoms with E-state index in [1.54, 1.807) is 0 Å². The molecule has 4 nitrogen and oxygen atoms in total. The highest BCUT2D eigenvalue weighted by Gasteiger charge is 2.20. The maximum absolute atomic E-state index is 11.8. The summed E-state index contributed by atoms with van der Waals surface area (Å²) in [4.78, 5) is 11.8. The van der Waals surface area contributed by atoms with Gasteiger partial charge < -0.3 is 14.8 Å². The summed E-state index contributed by atoms with van der Waals surface area (Å²) in [6.45, 7) is 8.01. The molecule has 0 radical (unpaired) electrons. The zero-order valence-corrected chi connectivity index (χ0v) is 13.0. The fourth-order valence-electron chi connectivity index (χ4n) is 1.97. The Labute approximate surface area is 121 Å². The van der Waals surface area contributed by atoms with Crippen LogP contribution in [-0.4, -0.2) is 31.3 Å². The highest BCUT2D eigenvalue weighted by Crippen LogP contribution is 2.15. The van der Waals surface area contributed by atoms with Gasteiger partial charge in [0.05, 0.1) is 13.2 Å². The van der Waals surface area contributed by atoms with Gasteiger partial charge in [0.15, 0.2) is 0 Å². The minimum atomic E-state index is -0.322. The Morgan fingerprint density at radius 2 is 1.75 bits per heavy atom. The van der Waals surface area contributed by atoms with Gasteiger partial charge in [0.2, 0.25) is 0 Å². The van der Waals surface area contributed by atoms with E-state index < -0.39 is 0 Å². The average molecular weight is 279 g/mol. The monoisotopic (exact) mass is 279 g/mol. The first kappa shape index (κ1) is 16.5. The van der Waals surface area contributed by atoms with Crippen LogP contribution in [0, 0.1) is 0 Å². The van der Waals surface area contributed by atoms with E-state index in [-0.39, 0.29) is 24.2 Å². The summed E-state index contributed by atoms with van der Waals surface area (Å²) in [5, 5.41) is 3.22. The lowest BCUT2D eigenvalue weighted by Gasteiger charge is -2.19. The number of nitrogens with one attached hydrogen (secondary N) is 1. The molecule has 0 saturated carbocycles. The van der Waals surface area contributed by atoms with Gasteiger partial charge in [0.25, 0.3) is 0 Å². The summed E-state index contributed by atoms with van der Waals surface area (Å²) in [6.07, 6.45) is 0.763. The van der Waals surface area contributed by atoms with Crippen molar-refractivity contribution < 1.29 is 14.3 Å². The number of ether oxygens (including phenoxy) is 2. The highest BCUT2D eigenvalue weighted by molar-refractivity contribution is 5.76. The van der Waals surface area contributed by atoms with Gasteiger partial charge >= 0.3 is 5.97 Å². The Morgan fingerprint density at radius 3 is 2.20 bits per heavy atom. The zero-order chi connectivity index (χ0) is 15.1. The van der Waals surface area contributed by atoms with Crippen LogP contribution in [0.15, 0.2) is 24.3 Å². The molecule has 0 amide bonds. The summed E-state index contributed by atoms with van der Waals surface area (Å²) in [6, 6.07) is 7.73. The molecule has 0 spiro atoms. The number of benzene rings is 1. The second kappa shape index (κ2) is 7.90. The maximum Gasteiger partial charge on any atom is 0.323 e. The second-order valence-corrected chi connectivity index (χ2v) is 5.41. The number of methoxy groups -OCH3 is 1. The molecule has 1 N–H and O–H groups in total. The first-order valence-electron chi connectivity index (χ1n) is 7.01. The summed E-state index contributed by atoms with van der Waals surface area (Å²) >= 11 is 0. The largest absolute Gasteiger partial charge is 0.491 e. The number of hydrogen-bond acceptors (Lipinski definition) is 4. The minimum Gasteiger partial charge on any atom is -0.491 e. The van der Waals surface area contributed by atoms with E-state index in [0.717, 1.165) is 11.3 Å². The predicted octanol–water partition coefficient (Wildman–Crippen LogP) is 2.56. The normalized spacial score (nSPS) is 12.6. The Kier molecular flexibility index (Phi) is 6.52. The van der Waals surface area contributed by atoms with E-state index >= 15 is 0 Å². The molecule has 0 aliphatic heterocycles. The highest BCUT2D eigenvalue weighted by atomic mass is 16.5. The van der Waals surface area contributed by atoms with Crippen molar-refractivity contribution in [2.45, 2.75) is 52.3 Å². The van der Waals surface area contributed by atoms with Gasteiger partial charge in [-0.05, 0) is 38.0 Å². The first-order valence-corrected chi connectivity index (χ1v) is 7.01. The molecule has 20 heavy (non-hydrogen) atoms. The van der Waals surface area contributed by atoms with Gasteiger partial charge in [-0.2, -0.15) is 0 Å². The number of esters is 1. The van der Waals surface area contributed by atoms with Gasteiger partial charge in [-0.15, -0.1) is 0 Å². The van der Waals surface area contributed by atoms with Crippen LogP contribution >= 0.6 is 0 Å². The Balaban J connectivity index is 2.70. The quantitative estimate of drug-likeness (QED) is 0.779. The van der Waals surface area contributed by atoms with Crippen molar-refractivity contribution >= 4 is 5.97 Å². The van der Waals surface area contributed by atoms with Crippen molar-refractivity contribution in [2.24, 2.45) is 0 Å². The molecule has 1 aromatic rings. The van der Waals surface area contributed by atoms with Crippen LogP contribution in [0.5, 0.6) is 5.75 Å². The van der Waals surface area contributed by atoms with E-state index in [1.807, 2.05) is 52.0 Å². The lowest BCUT2D eigenvalue weighted by Crippen LogP contribution is -2.43. The van der Waals surface area contributed by atoms with Gasteiger partial charge in [-0.3, -0.25) is 4.79 Å². The standard InChI is InChI=1S/C16H25NO3/c1-11(2)17-15(16(18)19-5)10-13-6-8-14(9-7-13)20-12(3)4/h6-9,11-12,15,17H,10H2,1-5H3/t15-/m0/s1.